The number of nitrogens with one attached hydrogen (secondary N) is 1. The molecule has 2 aromatic rings. The fourth-order valence-electron chi connectivity index (χ4n) is 4.38. The van der Waals surface area contributed by atoms with Crippen molar-refractivity contribution in [1.29, 1.82) is 0 Å². The molecule has 1 aliphatic rings. The van der Waals surface area contributed by atoms with E-state index in [4.69, 9.17) is 14.2 Å². The zero-order chi connectivity index (χ0) is 24.1. The van der Waals surface area contributed by atoms with Crippen LogP contribution in [0.15, 0.2) is 42.5 Å². The molecule has 2 unspecified atom stereocenters. The van der Waals surface area contributed by atoms with E-state index in [0.29, 0.717) is 6.61 Å². The molecular formula is C29H43NO3. The summed E-state index contributed by atoms with van der Waals surface area (Å²) in [6, 6.07) is 15.2. The van der Waals surface area contributed by atoms with Crippen molar-refractivity contribution in [2.75, 3.05) is 18.5 Å². The summed E-state index contributed by atoms with van der Waals surface area (Å²) in [4.78, 5) is 0. The normalized spacial score (nSPS) is 19.6. The van der Waals surface area contributed by atoms with E-state index in [-0.39, 0.29) is 17.6 Å². The quantitative estimate of drug-likeness (QED) is 0.380. The number of ether oxygens (including phenoxy) is 3. The van der Waals surface area contributed by atoms with Crippen LogP contribution in [0.3, 0.4) is 0 Å². The van der Waals surface area contributed by atoms with Gasteiger partial charge in [-0.2, -0.15) is 0 Å². The fourth-order valence-corrected chi connectivity index (χ4v) is 4.38. The van der Waals surface area contributed by atoms with E-state index >= 15 is 0 Å². The number of hydrogen-bond donors (Lipinski definition) is 1. The molecule has 3 rings (SSSR count). The molecule has 0 fully saturated rings. The van der Waals surface area contributed by atoms with Crippen LogP contribution in [0.5, 0.6) is 5.75 Å². The maximum absolute atomic E-state index is 6.40. The summed E-state index contributed by atoms with van der Waals surface area (Å²) in [6.45, 7) is 17.3. The van der Waals surface area contributed by atoms with E-state index in [1.807, 2.05) is 6.92 Å². The average molecular weight is 454 g/mol. The Morgan fingerprint density at radius 2 is 1.70 bits per heavy atom. The van der Waals surface area contributed by atoms with Crippen molar-refractivity contribution in [2.24, 2.45) is 0 Å². The van der Waals surface area contributed by atoms with Crippen LogP contribution < -0.4 is 10.1 Å². The van der Waals surface area contributed by atoms with Gasteiger partial charge in [-0.05, 0) is 61.9 Å². The number of benzene rings is 2. The number of hydrogen-bond acceptors (Lipinski definition) is 4. The Kier molecular flexibility index (Phi) is 8.47. The highest BCUT2D eigenvalue weighted by Crippen LogP contribution is 2.44. The van der Waals surface area contributed by atoms with Crippen LogP contribution in [-0.2, 0) is 21.4 Å². The third-order valence-corrected chi connectivity index (χ3v) is 6.36. The zero-order valence-electron chi connectivity index (χ0n) is 21.7. The van der Waals surface area contributed by atoms with Crippen LogP contribution in [0, 0.1) is 0 Å². The summed E-state index contributed by atoms with van der Waals surface area (Å²) in [5, 5.41) is 3.58. The third kappa shape index (κ3) is 6.51. The number of fused-ring (bicyclic) bond motifs is 1. The molecule has 0 radical (unpaired) electrons. The predicted molar refractivity (Wildman–Crippen MR) is 137 cm³/mol. The molecular weight excluding hydrogens is 410 g/mol. The van der Waals surface area contributed by atoms with Crippen molar-refractivity contribution in [3.8, 4) is 5.75 Å². The van der Waals surface area contributed by atoms with E-state index in [1.54, 1.807) is 0 Å². The van der Waals surface area contributed by atoms with Crippen LogP contribution in [0.25, 0.3) is 0 Å². The van der Waals surface area contributed by atoms with Gasteiger partial charge in [-0.1, -0.05) is 64.8 Å². The first-order valence-corrected chi connectivity index (χ1v) is 12.5. The molecule has 2 aromatic carbocycles. The summed E-state index contributed by atoms with van der Waals surface area (Å²) in [5.41, 5.74) is 4.45. The standard InChI is InChI=1S/C29H43NO3/c1-8-10-11-18-32-27-26(31-9-2)24-19-23(16-17-25(24)33-29(27,6)7)30-20-21-12-14-22(15-13-21)28(3,4)5/h12-17,19,26-27,30H,8-11,18,20H2,1-7H3. The topological polar surface area (TPSA) is 39.7 Å². The Balaban J connectivity index is 1.76. The van der Waals surface area contributed by atoms with Gasteiger partial charge in [0.05, 0.1) is 0 Å². The van der Waals surface area contributed by atoms with Gasteiger partial charge in [-0.25, -0.2) is 0 Å². The molecule has 182 valence electrons. The van der Waals surface area contributed by atoms with Gasteiger partial charge in [-0.3, -0.25) is 0 Å². The molecule has 0 bridgehead atoms. The second-order valence-electron chi connectivity index (χ2n) is 10.6. The Morgan fingerprint density at radius 3 is 2.33 bits per heavy atom. The molecule has 33 heavy (non-hydrogen) atoms. The lowest BCUT2D eigenvalue weighted by Gasteiger charge is -2.44. The predicted octanol–water partition coefficient (Wildman–Crippen LogP) is 7.42. The van der Waals surface area contributed by atoms with E-state index < -0.39 is 5.60 Å². The molecule has 4 heteroatoms. The Hall–Kier alpha value is -2.04. The zero-order valence-corrected chi connectivity index (χ0v) is 21.7. The summed E-state index contributed by atoms with van der Waals surface area (Å²) in [6.07, 6.45) is 3.11. The summed E-state index contributed by atoms with van der Waals surface area (Å²) in [7, 11) is 0. The Bertz CT molecular complexity index is 883. The Morgan fingerprint density at radius 1 is 0.970 bits per heavy atom. The van der Waals surface area contributed by atoms with Crippen LogP contribution in [0.1, 0.15) is 90.5 Å². The van der Waals surface area contributed by atoms with Crippen LogP contribution in [0.2, 0.25) is 0 Å². The first-order valence-electron chi connectivity index (χ1n) is 12.5. The van der Waals surface area contributed by atoms with Gasteiger partial charge in [-0.15, -0.1) is 0 Å². The van der Waals surface area contributed by atoms with Gasteiger partial charge < -0.3 is 19.5 Å². The Labute approximate surface area is 201 Å². The fraction of sp³-hybridized carbons (Fsp3) is 0.586. The van der Waals surface area contributed by atoms with Crippen molar-refractivity contribution in [3.63, 3.8) is 0 Å². The maximum atomic E-state index is 6.40. The molecule has 1 N–H and O–H groups in total. The van der Waals surface area contributed by atoms with Crippen molar-refractivity contribution in [3.05, 3.63) is 59.2 Å². The van der Waals surface area contributed by atoms with Crippen molar-refractivity contribution < 1.29 is 14.2 Å². The summed E-state index contributed by atoms with van der Waals surface area (Å²) in [5.74, 6) is 0.881. The summed E-state index contributed by atoms with van der Waals surface area (Å²) >= 11 is 0. The van der Waals surface area contributed by atoms with Gasteiger partial charge in [0, 0.05) is 31.0 Å². The third-order valence-electron chi connectivity index (χ3n) is 6.36. The first-order chi connectivity index (χ1) is 15.7. The minimum Gasteiger partial charge on any atom is -0.485 e. The van der Waals surface area contributed by atoms with E-state index in [9.17, 15) is 0 Å². The monoisotopic (exact) mass is 453 g/mol. The summed E-state index contributed by atoms with van der Waals surface area (Å²) < 4.78 is 19.0. The maximum Gasteiger partial charge on any atom is 0.132 e. The van der Waals surface area contributed by atoms with Crippen LogP contribution >= 0.6 is 0 Å². The highest BCUT2D eigenvalue weighted by Gasteiger charge is 2.45. The van der Waals surface area contributed by atoms with Crippen LogP contribution in [0.4, 0.5) is 5.69 Å². The largest absolute Gasteiger partial charge is 0.485 e. The lowest BCUT2D eigenvalue weighted by atomic mass is 9.87. The van der Waals surface area contributed by atoms with Gasteiger partial charge in [0.25, 0.3) is 0 Å². The number of unbranched alkanes of at least 4 members (excludes halogenated alkanes) is 2. The molecule has 1 aliphatic heterocycles. The molecule has 2 atom stereocenters. The minimum atomic E-state index is -0.456. The molecule has 0 spiro atoms. The van der Waals surface area contributed by atoms with Crippen molar-refractivity contribution in [1.82, 2.24) is 0 Å². The lowest BCUT2D eigenvalue weighted by Crippen LogP contribution is -2.51. The number of rotatable bonds is 10. The highest BCUT2D eigenvalue weighted by molar-refractivity contribution is 5.54. The smallest absolute Gasteiger partial charge is 0.132 e. The van der Waals surface area contributed by atoms with E-state index in [2.05, 4.69) is 89.3 Å². The van der Waals surface area contributed by atoms with Crippen LogP contribution in [-0.4, -0.2) is 24.9 Å². The van der Waals surface area contributed by atoms with E-state index in [1.165, 1.54) is 24.0 Å². The van der Waals surface area contributed by atoms with Gasteiger partial charge in [0.15, 0.2) is 0 Å². The molecule has 0 amide bonds. The van der Waals surface area contributed by atoms with Gasteiger partial charge in [0.2, 0.25) is 0 Å². The lowest BCUT2D eigenvalue weighted by molar-refractivity contribution is -0.161. The second-order valence-corrected chi connectivity index (χ2v) is 10.6. The minimum absolute atomic E-state index is 0.150. The average Bonchev–Trinajstić information content (AvgIpc) is 2.76. The van der Waals surface area contributed by atoms with Gasteiger partial charge >= 0.3 is 0 Å². The molecule has 0 aliphatic carbocycles. The molecule has 4 nitrogen and oxygen atoms in total. The molecule has 0 saturated carbocycles. The second kappa shape index (κ2) is 10.9. The SMILES string of the molecule is CCCCCOC1C(OCC)c2cc(NCc3ccc(C(C)(C)C)cc3)ccc2OC1(C)C. The number of anilines is 1. The molecule has 0 aromatic heterocycles. The van der Waals surface area contributed by atoms with Gasteiger partial charge in [0.1, 0.15) is 23.6 Å². The highest BCUT2D eigenvalue weighted by atomic mass is 16.6. The van der Waals surface area contributed by atoms with E-state index in [0.717, 1.165) is 36.6 Å². The first kappa shape index (κ1) is 25.6. The molecule has 0 saturated heterocycles. The van der Waals surface area contributed by atoms with Crippen molar-refractivity contribution >= 4 is 5.69 Å². The molecule has 1 heterocycles. The van der Waals surface area contributed by atoms with Crippen molar-refractivity contribution in [2.45, 2.75) is 97.5 Å².